The van der Waals surface area contributed by atoms with Crippen LogP contribution in [0.1, 0.15) is 5.69 Å². The highest BCUT2D eigenvalue weighted by molar-refractivity contribution is 5.37. The molecule has 0 aliphatic carbocycles. The van der Waals surface area contributed by atoms with Gasteiger partial charge in [0.1, 0.15) is 17.3 Å². The van der Waals surface area contributed by atoms with Gasteiger partial charge in [-0.15, -0.1) is 0 Å². The molecule has 0 spiro atoms. The van der Waals surface area contributed by atoms with Gasteiger partial charge < -0.3 is 5.11 Å². The molecular formula is C12H9F2NO2. The number of para-hydroxylation sites is 1. The Balaban J connectivity index is 2.81. The van der Waals surface area contributed by atoms with E-state index in [4.69, 9.17) is 5.11 Å². The van der Waals surface area contributed by atoms with Crippen LogP contribution >= 0.6 is 0 Å². The Labute approximate surface area is 95.6 Å². The number of hydrogen-bond acceptors (Lipinski definition) is 2. The van der Waals surface area contributed by atoms with E-state index >= 15 is 0 Å². The number of halogens is 2. The molecule has 0 fully saturated rings. The lowest BCUT2D eigenvalue weighted by molar-refractivity contribution is 0.272. The minimum Gasteiger partial charge on any atom is -0.390 e. The zero-order valence-electron chi connectivity index (χ0n) is 8.73. The molecule has 3 nitrogen and oxygen atoms in total. The molecule has 2 aromatic rings. The van der Waals surface area contributed by atoms with Crippen molar-refractivity contribution in [3.05, 3.63) is 64.1 Å². The van der Waals surface area contributed by atoms with E-state index in [1.54, 1.807) is 0 Å². The second-order valence-corrected chi connectivity index (χ2v) is 3.42. The van der Waals surface area contributed by atoms with Crippen molar-refractivity contribution in [2.75, 3.05) is 0 Å². The van der Waals surface area contributed by atoms with Crippen molar-refractivity contribution in [2.45, 2.75) is 6.61 Å². The normalized spacial score (nSPS) is 10.5. The van der Waals surface area contributed by atoms with Crippen molar-refractivity contribution in [3.8, 4) is 5.69 Å². The number of aliphatic hydroxyl groups is 1. The van der Waals surface area contributed by atoms with Crippen molar-refractivity contribution in [2.24, 2.45) is 0 Å². The smallest absolute Gasteiger partial charge is 0.255 e. The first-order chi connectivity index (χ1) is 8.15. The Bertz CT molecular complexity index is 587. The van der Waals surface area contributed by atoms with Crippen molar-refractivity contribution in [3.63, 3.8) is 0 Å². The number of nitrogens with zero attached hydrogens (tertiary/aromatic N) is 1. The first-order valence-corrected chi connectivity index (χ1v) is 4.91. The largest absolute Gasteiger partial charge is 0.390 e. The Morgan fingerprint density at radius 1 is 1.06 bits per heavy atom. The summed E-state index contributed by atoms with van der Waals surface area (Å²) in [5.41, 5.74) is -0.941. The number of pyridine rings is 1. The van der Waals surface area contributed by atoms with Gasteiger partial charge in [-0.2, -0.15) is 0 Å². The number of aromatic nitrogens is 1. The summed E-state index contributed by atoms with van der Waals surface area (Å²) < 4.78 is 27.9. The summed E-state index contributed by atoms with van der Waals surface area (Å²) >= 11 is 0. The number of rotatable bonds is 2. The molecule has 1 heterocycles. The molecule has 0 atom stereocenters. The maximum atomic E-state index is 13.6. The fourth-order valence-electron chi connectivity index (χ4n) is 1.61. The summed E-state index contributed by atoms with van der Waals surface area (Å²) in [7, 11) is 0. The van der Waals surface area contributed by atoms with E-state index in [1.165, 1.54) is 24.3 Å². The summed E-state index contributed by atoms with van der Waals surface area (Å²) in [5.74, 6) is -1.71. The summed E-state index contributed by atoms with van der Waals surface area (Å²) in [6, 6.07) is 7.33. The number of aliphatic hydroxyl groups excluding tert-OH is 1. The minimum absolute atomic E-state index is 0.126. The van der Waals surface area contributed by atoms with Crippen LogP contribution in [-0.2, 0) is 6.61 Å². The van der Waals surface area contributed by atoms with E-state index in [9.17, 15) is 13.6 Å². The molecule has 1 aromatic carbocycles. The van der Waals surface area contributed by atoms with Crippen molar-refractivity contribution in [1.29, 1.82) is 0 Å². The van der Waals surface area contributed by atoms with Crippen LogP contribution in [0.25, 0.3) is 5.69 Å². The fourth-order valence-corrected chi connectivity index (χ4v) is 1.61. The summed E-state index contributed by atoms with van der Waals surface area (Å²) in [5, 5.41) is 9.08. The standard InChI is InChI=1S/C12H9F2NO2/c13-9-4-2-5-10(14)12(9)15-8(7-16)3-1-6-11(15)17/h1-6,16H,7H2. The monoisotopic (exact) mass is 237 g/mol. The molecule has 0 saturated heterocycles. The minimum atomic E-state index is -0.854. The molecule has 0 aliphatic rings. The average molecular weight is 237 g/mol. The molecule has 88 valence electrons. The summed E-state index contributed by atoms with van der Waals surface area (Å²) in [6.45, 7) is -0.482. The van der Waals surface area contributed by atoms with Gasteiger partial charge in [0, 0.05) is 6.07 Å². The van der Waals surface area contributed by atoms with Crippen LogP contribution in [0.5, 0.6) is 0 Å². The highest BCUT2D eigenvalue weighted by Gasteiger charge is 2.14. The molecular weight excluding hydrogens is 228 g/mol. The summed E-state index contributed by atoms with van der Waals surface area (Å²) in [4.78, 5) is 11.6. The van der Waals surface area contributed by atoms with Gasteiger partial charge in [-0.3, -0.25) is 9.36 Å². The molecule has 0 radical (unpaired) electrons. The second kappa shape index (κ2) is 4.47. The molecule has 0 bridgehead atoms. The topological polar surface area (TPSA) is 42.2 Å². The van der Waals surface area contributed by atoms with Gasteiger partial charge >= 0.3 is 0 Å². The van der Waals surface area contributed by atoms with Crippen LogP contribution in [0, 0.1) is 11.6 Å². The van der Waals surface area contributed by atoms with E-state index in [0.29, 0.717) is 0 Å². The zero-order chi connectivity index (χ0) is 12.4. The zero-order valence-corrected chi connectivity index (χ0v) is 8.73. The molecule has 0 saturated carbocycles. The SMILES string of the molecule is O=c1cccc(CO)n1-c1c(F)cccc1F. The van der Waals surface area contributed by atoms with Crippen LogP contribution in [0.2, 0.25) is 0 Å². The molecule has 2 rings (SSSR count). The summed E-state index contributed by atoms with van der Waals surface area (Å²) in [6.07, 6.45) is 0. The van der Waals surface area contributed by atoms with E-state index < -0.39 is 29.5 Å². The lowest BCUT2D eigenvalue weighted by Gasteiger charge is -2.12. The fraction of sp³-hybridized carbons (Fsp3) is 0.0833. The molecule has 1 aromatic heterocycles. The van der Waals surface area contributed by atoms with E-state index in [1.807, 2.05) is 0 Å². The highest BCUT2D eigenvalue weighted by atomic mass is 19.1. The van der Waals surface area contributed by atoms with Crippen LogP contribution in [0.15, 0.2) is 41.2 Å². The molecule has 0 unspecified atom stereocenters. The molecule has 0 aliphatic heterocycles. The second-order valence-electron chi connectivity index (χ2n) is 3.42. The van der Waals surface area contributed by atoms with Crippen molar-refractivity contribution >= 4 is 0 Å². The van der Waals surface area contributed by atoms with E-state index in [-0.39, 0.29) is 5.69 Å². The first kappa shape index (κ1) is 11.5. The van der Waals surface area contributed by atoms with E-state index in [2.05, 4.69) is 0 Å². The van der Waals surface area contributed by atoms with Crippen molar-refractivity contribution < 1.29 is 13.9 Å². The molecule has 5 heteroatoms. The number of hydrogen-bond donors (Lipinski definition) is 1. The van der Waals surface area contributed by atoms with Gasteiger partial charge in [0.15, 0.2) is 0 Å². The Kier molecular flexibility index (Phi) is 3.01. The molecule has 17 heavy (non-hydrogen) atoms. The Hall–Kier alpha value is -2.01. The third-order valence-electron chi connectivity index (χ3n) is 2.36. The van der Waals surface area contributed by atoms with Gasteiger partial charge in [-0.1, -0.05) is 12.1 Å². The van der Waals surface area contributed by atoms with Crippen LogP contribution in [-0.4, -0.2) is 9.67 Å². The van der Waals surface area contributed by atoms with Crippen molar-refractivity contribution in [1.82, 2.24) is 4.57 Å². The Morgan fingerprint density at radius 2 is 1.65 bits per heavy atom. The maximum absolute atomic E-state index is 13.6. The maximum Gasteiger partial charge on any atom is 0.255 e. The van der Waals surface area contributed by atoms with Gasteiger partial charge in [0.2, 0.25) is 0 Å². The van der Waals surface area contributed by atoms with Gasteiger partial charge in [-0.05, 0) is 18.2 Å². The quantitative estimate of drug-likeness (QED) is 0.862. The average Bonchev–Trinajstić information content (AvgIpc) is 2.30. The predicted molar refractivity (Wildman–Crippen MR) is 57.9 cm³/mol. The number of benzene rings is 1. The molecule has 0 amide bonds. The van der Waals surface area contributed by atoms with Gasteiger partial charge in [-0.25, -0.2) is 8.78 Å². The van der Waals surface area contributed by atoms with Gasteiger partial charge in [0.05, 0.1) is 12.3 Å². The third kappa shape index (κ3) is 1.97. The van der Waals surface area contributed by atoms with E-state index in [0.717, 1.165) is 16.7 Å². The van der Waals surface area contributed by atoms with Crippen LogP contribution in [0.3, 0.4) is 0 Å². The van der Waals surface area contributed by atoms with Gasteiger partial charge in [0.25, 0.3) is 5.56 Å². The first-order valence-electron chi connectivity index (χ1n) is 4.91. The Morgan fingerprint density at radius 3 is 2.24 bits per heavy atom. The van der Waals surface area contributed by atoms with Crippen LogP contribution in [0.4, 0.5) is 8.78 Å². The lowest BCUT2D eigenvalue weighted by atomic mass is 10.2. The third-order valence-corrected chi connectivity index (χ3v) is 2.36. The predicted octanol–water partition coefficient (Wildman–Crippen LogP) is 1.61. The lowest BCUT2D eigenvalue weighted by Crippen LogP contribution is -2.22. The molecule has 1 N–H and O–H groups in total. The van der Waals surface area contributed by atoms with Crippen LogP contribution < -0.4 is 5.56 Å². The highest BCUT2D eigenvalue weighted by Crippen LogP contribution is 2.17.